The molecular formula is C9H13BrN6O3S. The summed E-state index contributed by atoms with van der Waals surface area (Å²) in [6.45, 7) is 1.03. The van der Waals surface area contributed by atoms with Gasteiger partial charge in [0.05, 0.1) is 25.0 Å². The van der Waals surface area contributed by atoms with Gasteiger partial charge < -0.3 is 4.74 Å². The lowest BCUT2D eigenvalue weighted by molar-refractivity contribution is 0.183. The van der Waals surface area contributed by atoms with Gasteiger partial charge in [-0.05, 0) is 15.9 Å². The van der Waals surface area contributed by atoms with Crippen molar-refractivity contribution in [3.63, 3.8) is 0 Å². The average molecular weight is 365 g/mol. The predicted molar refractivity (Wildman–Crippen MR) is 73.6 cm³/mol. The number of methoxy groups -OCH3 is 1. The molecule has 0 aliphatic carbocycles. The Morgan fingerprint density at radius 1 is 1.50 bits per heavy atom. The van der Waals surface area contributed by atoms with E-state index in [1.807, 2.05) is 0 Å². The van der Waals surface area contributed by atoms with Crippen LogP contribution in [0.5, 0.6) is 0 Å². The van der Waals surface area contributed by atoms with Gasteiger partial charge in [-0.25, -0.2) is 4.68 Å². The van der Waals surface area contributed by atoms with Gasteiger partial charge in [0, 0.05) is 20.4 Å². The van der Waals surface area contributed by atoms with Crippen LogP contribution in [-0.4, -0.2) is 46.9 Å². The molecule has 110 valence electrons. The molecule has 0 unspecified atom stereocenters. The Morgan fingerprint density at radius 2 is 2.25 bits per heavy atom. The van der Waals surface area contributed by atoms with E-state index < -0.39 is 10.0 Å². The van der Waals surface area contributed by atoms with Crippen LogP contribution >= 0.6 is 15.9 Å². The minimum absolute atomic E-state index is 0.0536. The van der Waals surface area contributed by atoms with Crippen LogP contribution in [0.2, 0.25) is 0 Å². The number of aromatic nitrogens is 5. The molecule has 0 radical (unpaired) electrons. The normalized spacial score (nSPS) is 11.8. The van der Waals surface area contributed by atoms with E-state index in [2.05, 4.69) is 36.1 Å². The summed E-state index contributed by atoms with van der Waals surface area (Å²) in [6, 6.07) is 0. The van der Waals surface area contributed by atoms with E-state index in [1.54, 1.807) is 18.0 Å². The third kappa shape index (κ3) is 3.16. The molecule has 2 aromatic heterocycles. The zero-order chi connectivity index (χ0) is 14.8. The maximum absolute atomic E-state index is 12.2. The standard InChI is InChI=1S/C9H13BrN6O3S/c1-15-9(8(10)12-14-15)20(17,18)13-7-5-11-16(6-7)3-4-19-2/h5-6,13H,3-4H2,1-2H3. The summed E-state index contributed by atoms with van der Waals surface area (Å²) < 4.78 is 34.7. The van der Waals surface area contributed by atoms with E-state index in [9.17, 15) is 8.42 Å². The van der Waals surface area contributed by atoms with Crippen LogP contribution in [0.1, 0.15) is 0 Å². The number of halogens is 1. The first-order valence-corrected chi connectivity index (χ1v) is 7.81. The summed E-state index contributed by atoms with van der Waals surface area (Å²) in [5.74, 6) is 0. The molecule has 0 aliphatic heterocycles. The Labute approximate surface area is 124 Å². The summed E-state index contributed by atoms with van der Waals surface area (Å²) in [5.41, 5.74) is 0.356. The molecule has 9 nitrogen and oxygen atoms in total. The third-order valence-electron chi connectivity index (χ3n) is 2.40. The summed E-state index contributed by atoms with van der Waals surface area (Å²) in [4.78, 5) is 0. The number of hydrogen-bond acceptors (Lipinski definition) is 6. The molecule has 2 aromatic rings. The van der Waals surface area contributed by atoms with E-state index in [0.717, 1.165) is 0 Å². The fraction of sp³-hybridized carbons (Fsp3) is 0.444. The van der Waals surface area contributed by atoms with Gasteiger partial charge in [0.25, 0.3) is 10.0 Å². The van der Waals surface area contributed by atoms with Crippen molar-refractivity contribution >= 4 is 31.6 Å². The number of nitrogens with one attached hydrogen (secondary N) is 1. The van der Waals surface area contributed by atoms with Crippen LogP contribution in [0.4, 0.5) is 5.69 Å². The SMILES string of the molecule is COCCn1cc(NS(=O)(=O)c2c(Br)nnn2C)cn1. The van der Waals surface area contributed by atoms with Crippen molar-refractivity contribution in [2.45, 2.75) is 11.6 Å². The lowest BCUT2D eigenvalue weighted by atomic mass is 10.6. The highest BCUT2D eigenvalue weighted by Gasteiger charge is 2.24. The molecule has 0 saturated heterocycles. The fourth-order valence-electron chi connectivity index (χ4n) is 1.53. The van der Waals surface area contributed by atoms with E-state index in [4.69, 9.17) is 4.74 Å². The highest BCUT2D eigenvalue weighted by Crippen LogP contribution is 2.20. The largest absolute Gasteiger partial charge is 0.383 e. The Balaban J connectivity index is 2.19. The Bertz CT molecular complexity index is 675. The summed E-state index contributed by atoms with van der Waals surface area (Å²) >= 11 is 3.05. The average Bonchev–Trinajstić information content (AvgIpc) is 2.93. The molecule has 0 bridgehead atoms. The van der Waals surface area contributed by atoms with Crippen molar-refractivity contribution in [1.82, 2.24) is 24.8 Å². The van der Waals surface area contributed by atoms with Gasteiger partial charge in [0.2, 0.25) is 5.03 Å². The van der Waals surface area contributed by atoms with Gasteiger partial charge >= 0.3 is 0 Å². The smallest absolute Gasteiger partial charge is 0.282 e. The van der Waals surface area contributed by atoms with Crippen LogP contribution in [0, 0.1) is 0 Å². The van der Waals surface area contributed by atoms with Crippen LogP contribution in [0.3, 0.4) is 0 Å². The van der Waals surface area contributed by atoms with Crippen molar-refractivity contribution in [3.8, 4) is 0 Å². The van der Waals surface area contributed by atoms with E-state index in [1.165, 1.54) is 17.9 Å². The quantitative estimate of drug-likeness (QED) is 0.786. The molecule has 1 N–H and O–H groups in total. The Morgan fingerprint density at radius 3 is 2.85 bits per heavy atom. The first-order chi connectivity index (χ1) is 9.44. The number of hydrogen-bond donors (Lipinski definition) is 1. The van der Waals surface area contributed by atoms with Gasteiger partial charge in [-0.15, -0.1) is 5.10 Å². The monoisotopic (exact) mass is 364 g/mol. The van der Waals surface area contributed by atoms with Crippen molar-refractivity contribution in [2.24, 2.45) is 7.05 Å². The van der Waals surface area contributed by atoms with Crippen molar-refractivity contribution in [3.05, 3.63) is 17.0 Å². The maximum Gasteiger partial charge on any atom is 0.282 e. The second kappa shape index (κ2) is 5.89. The van der Waals surface area contributed by atoms with Crippen molar-refractivity contribution in [2.75, 3.05) is 18.4 Å². The summed E-state index contributed by atoms with van der Waals surface area (Å²) in [7, 11) is -0.704. The minimum Gasteiger partial charge on any atom is -0.383 e. The lowest BCUT2D eigenvalue weighted by Gasteiger charge is -2.05. The molecule has 0 amide bonds. The third-order valence-corrected chi connectivity index (χ3v) is 4.67. The number of aryl methyl sites for hydroxylation is 1. The molecule has 0 atom stereocenters. The highest BCUT2D eigenvalue weighted by atomic mass is 79.9. The number of ether oxygens (including phenoxy) is 1. The number of nitrogens with zero attached hydrogens (tertiary/aromatic N) is 5. The Hall–Kier alpha value is -1.46. The van der Waals surface area contributed by atoms with Crippen LogP contribution < -0.4 is 4.72 Å². The molecule has 2 rings (SSSR count). The first kappa shape index (κ1) is 14.9. The highest BCUT2D eigenvalue weighted by molar-refractivity contribution is 9.10. The molecule has 0 fully saturated rings. The molecule has 0 aliphatic rings. The van der Waals surface area contributed by atoms with Gasteiger partial charge in [-0.3, -0.25) is 9.40 Å². The van der Waals surface area contributed by atoms with Crippen molar-refractivity contribution < 1.29 is 13.2 Å². The zero-order valence-corrected chi connectivity index (χ0v) is 13.2. The fourth-order valence-corrected chi connectivity index (χ4v) is 3.66. The van der Waals surface area contributed by atoms with Gasteiger partial charge in [-0.1, -0.05) is 5.21 Å². The van der Waals surface area contributed by atoms with Gasteiger partial charge in [-0.2, -0.15) is 13.5 Å². The molecule has 0 aromatic carbocycles. The molecule has 2 heterocycles. The second-order valence-corrected chi connectivity index (χ2v) is 6.25. The molecule has 0 spiro atoms. The molecule has 20 heavy (non-hydrogen) atoms. The molecule has 0 saturated carbocycles. The summed E-state index contributed by atoms with van der Waals surface area (Å²) in [6.07, 6.45) is 3.00. The topological polar surface area (TPSA) is 104 Å². The predicted octanol–water partition coefficient (Wildman–Crippen LogP) is 0.221. The van der Waals surface area contributed by atoms with Crippen LogP contribution in [0.15, 0.2) is 22.0 Å². The number of sulfonamides is 1. The second-order valence-electron chi connectivity index (χ2n) is 3.90. The van der Waals surface area contributed by atoms with Crippen LogP contribution in [-0.2, 0) is 28.4 Å². The molecular weight excluding hydrogens is 352 g/mol. The van der Waals surface area contributed by atoms with Gasteiger partial charge in [0.1, 0.15) is 0 Å². The molecule has 11 heteroatoms. The van der Waals surface area contributed by atoms with E-state index in [0.29, 0.717) is 18.8 Å². The van der Waals surface area contributed by atoms with Gasteiger partial charge in [0.15, 0.2) is 4.60 Å². The van der Waals surface area contributed by atoms with Crippen LogP contribution in [0.25, 0.3) is 0 Å². The first-order valence-electron chi connectivity index (χ1n) is 5.53. The lowest BCUT2D eigenvalue weighted by Crippen LogP contribution is -2.17. The summed E-state index contributed by atoms with van der Waals surface area (Å²) in [5, 5.41) is 11.2. The number of anilines is 1. The number of rotatable bonds is 6. The van der Waals surface area contributed by atoms with Crippen molar-refractivity contribution in [1.29, 1.82) is 0 Å². The van der Waals surface area contributed by atoms with E-state index >= 15 is 0 Å². The zero-order valence-electron chi connectivity index (χ0n) is 10.8. The maximum atomic E-state index is 12.2. The Kier molecular flexibility index (Phi) is 4.40. The van der Waals surface area contributed by atoms with E-state index in [-0.39, 0.29) is 9.63 Å². The minimum atomic E-state index is -3.78.